The Labute approximate surface area is 194 Å². The Bertz CT molecular complexity index is 1390. The van der Waals surface area contributed by atoms with Crippen LogP contribution in [0.1, 0.15) is 49.4 Å². The Balaban J connectivity index is 1.73. The first-order chi connectivity index (χ1) is 16.4. The van der Waals surface area contributed by atoms with Gasteiger partial charge in [-0.1, -0.05) is 6.07 Å². The molecule has 1 amide bonds. The predicted octanol–water partition coefficient (Wildman–Crippen LogP) is 3.08. The van der Waals surface area contributed by atoms with Gasteiger partial charge in [0.25, 0.3) is 5.91 Å². The second-order valence-electron chi connectivity index (χ2n) is 7.37. The van der Waals surface area contributed by atoms with Gasteiger partial charge in [-0.25, -0.2) is 4.79 Å². The number of nitrogens with zero attached hydrogens (tertiary/aromatic N) is 2. The number of hydrogen-bond acceptors (Lipinski definition) is 7. The summed E-state index contributed by atoms with van der Waals surface area (Å²) in [7, 11) is 0. The third-order valence-corrected chi connectivity index (χ3v) is 5.14. The van der Waals surface area contributed by atoms with Crippen LogP contribution in [0, 0.1) is 0 Å². The van der Waals surface area contributed by atoms with Crippen molar-refractivity contribution < 1.29 is 29.3 Å². The number of amides is 1. The van der Waals surface area contributed by atoms with Crippen molar-refractivity contribution in [2.75, 3.05) is 6.61 Å². The minimum absolute atomic E-state index is 0.0511. The van der Waals surface area contributed by atoms with E-state index >= 15 is 0 Å². The van der Waals surface area contributed by atoms with Crippen LogP contribution in [-0.4, -0.2) is 43.9 Å². The summed E-state index contributed by atoms with van der Waals surface area (Å²) in [6, 6.07) is 13.4. The van der Waals surface area contributed by atoms with Gasteiger partial charge in [0.2, 0.25) is 5.78 Å². The molecule has 0 aliphatic rings. The van der Waals surface area contributed by atoms with E-state index in [9.17, 15) is 24.6 Å². The average molecular weight is 459 g/mol. The number of aromatic hydroxyl groups is 2. The maximum Gasteiger partial charge on any atom is 0.340 e. The van der Waals surface area contributed by atoms with Gasteiger partial charge in [-0.3, -0.25) is 14.6 Å². The molecule has 4 aromatic rings. The van der Waals surface area contributed by atoms with Gasteiger partial charge in [-0.2, -0.15) is 0 Å². The highest BCUT2D eigenvalue weighted by molar-refractivity contribution is 6.13. The van der Waals surface area contributed by atoms with Crippen molar-refractivity contribution in [3.05, 3.63) is 95.1 Å². The zero-order chi connectivity index (χ0) is 24.2. The third kappa shape index (κ3) is 4.44. The molecule has 0 saturated heterocycles. The Kier molecular flexibility index (Phi) is 6.26. The molecular weight excluding hydrogens is 438 g/mol. The number of ether oxygens (including phenoxy) is 1. The van der Waals surface area contributed by atoms with Crippen molar-refractivity contribution >= 4 is 23.2 Å². The van der Waals surface area contributed by atoms with Crippen LogP contribution >= 0.6 is 0 Å². The van der Waals surface area contributed by atoms with Crippen LogP contribution < -0.4 is 5.32 Å². The van der Waals surface area contributed by atoms with Gasteiger partial charge in [-0.05, 0) is 49.4 Å². The van der Waals surface area contributed by atoms with Gasteiger partial charge in [0.15, 0.2) is 0 Å². The van der Waals surface area contributed by atoms with E-state index in [1.54, 1.807) is 25.3 Å². The van der Waals surface area contributed by atoms with Crippen LogP contribution in [0.15, 0.2) is 67.0 Å². The summed E-state index contributed by atoms with van der Waals surface area (Å²) in [5.41, 5.74) is 1.39. The van der Waals surface area contributed by atoms with Crippen LogP contribution in [-0.2, 0) is 11.3 Å². The lowest BCUT2D eigenvalue weighted by Gasteiger charge is -2.08. The highest BCUT2D eigenvalue weighted by Crippen LogP contribution is 2.28. The summed E-state index contributed by atoms with van der Waals surface area (Å²) in [5.74, 6) is -2.20. The fraction of sp³-hybridized carbons (Fsp3) is 0.120. The third-order valence-electron chi connectivity index (χ3n) is 5.14. The molecule has 3 aromatic heterocycles. The van der Waals surface area contributed by atoms with Crippen LogP contribution in [0.5, 0.6) is 11.5 Å². The van der Waals surface area contributed by atoms with Crippen molar-refractivity contribution in [3.63, 3.8) is 0 Å². The summed E-state index contributed by atoms with van der Waals surface area (Å²) >= 11 is 0. The highest BCUT2D eigenvalue weighted by atomic mass is 16.5. The number of rotatable bonds is 7. The normalized spacial score (nSPS) is 10.7. The minimum Gasteiger partial charge on any atom is -0.508 e. The summed E-state index contributed by atoms with van der Waals surface area (Å²) < 4.78 is 6.58. The number of carbonyl (C=O) groups excluding carboxylic acids is 3. The molecule has 0 bridgehead atoms. The SMILES string of the molecule is CCOC(=O)c1cc(C(=O)c2ccc(O)cc2O)n2ccc(C(=O)NCc3ccccn3)cc12. The number of phenolic OH excluding ortho intramolecular Hbond substituents is 2. The Morgan fingerprint density at radius 3 is 2.56 bits per heavy atom. The molecule has 0 saturated carbocycles. The summed E-state index contributed by atoms with van der Waals surface area (Å²) in [6.07, 6.45) is 3.13. The van der Waals surface area contributed by atoms with Gasteiger partial charge in [-0.15, -0.1) is 0 Å². The first-order valence-corrected chi connectivity index (χ1v) is 10.5. The molecule has 9 heteroatoms. The molecule has 0 unspecified atom stereocenters. The molecule has 4 rings (SSSR count). The van der Waals surface area contributed by atoms with Crippen LogP contribution in [0.3, 0.4) is 0 Å². The average Bonchev–Trinajstić information content (AvgIpc) is 3.22. The van der Waals surface area contributed by atoms with Crippen LogP contribution in [0.2, 0.25) is 0 Å². The number of ketones is 1. The first-order valence-electron chi connectivity index (χ1n) is 10.5. The van der Waals surface area contributed by atoms with Crippen molar-refractivity contribution in [2.45, 2.75) is 13.5 Å². The van der Waals surface area contributed by atoms with Gasteiger partial charge >= 0.3 is 5.97 Å². The van der Waals surface area contributed by atoms with E-state index in [2.05, 4.69) is 10.3 Å². The fourth-order valence-electron chi connectivity index (χ4n) is 3.51. The number of hydrogen-bond donors (Lipinski definition) is 3. The lowest BCUT2D eigenvalue weighted by Crippen LogP contribution is -2.23. The molecule has 0 spiro atoms. The molecule has 172 valence electrons. The number of esters is 1. The number of nitrogens with one attached hydrogen (secondary N) is 1. The lowest BCUT2D eigenvalue weighted by atomic mass is 10.1. The largest absolute Gasteiger partial charge is 0.508 e. The van der Waals surface area contributed by atoms with Gasteiger partial charge < -0.3 is 24.7 Å². The van der Waals surface area contributed by atoms with E-state index in [4.69, 9.17) is 4.74 Å². The molecule has 1 aromatic carbocycles. The molecule has 0 atom stereocenters. The molecular formula is C25H21N3O6. The second-order valence-corrected chi connectivity index (χ2v) is 7.37. The van der Waals surface area contributed by atoms with Gasteiger partial charge in [0.05, 0.1) is 41.2 Å². The van der Waals surface area contributed by atoms with E-state index in [-0.39, 0.29) is 47.2 Å². The lowest BCUT2D eigenvalue weighted by molar-refractivity contribution is 0.0528. The molecule has 0 fully saturated rings. The van der Waals surface area contributed by atoms with Gasteiger partial charge in [0.1, 0.15) is 11.5 Å². The number of aromatic nitrogens is 2. The van der Waals surface area contributed by atoms with Crippen molar-refractivity contribution in [3.8, 4) is 11.5 Å². The Hall–Kier alpha value is -4.66. The predicted molar refractivity (Wildman–Crippen MR) is 122 cm³/mol. The van der Waals surface area contributed by atoms with E-state index in [0.717, 1.165) is 6.07 Å². The van der Waals surface area contributed by atoms with Crippen molar-refractivity contribution in [1.82, 2.24) is 14.7 Å². The standard InChI is InChI=1S/C25H21N3O6/c1-2-34-25(33)19-13-21(23(31)18-7-6-17(29)12-22(18)30)28-10-8-15(11-20(19)28)24(32)27-14-16-5-3-4-9-26-16/h3-13,29-30H,2,14H2,1H3,(H,27,32). The van der Waals surface area contributed by atoms with Crippen molar-refractivity contribution in [2.24, 2.45) is 0 Å². The number of pyridine rings is 2. The molecule has 0 aliphatic carbocycles. The molecule has 0 aliphatic heterocycles. The van der Waals surface area contributed by atoms with Crippen molar-refractivity contribution in [1.29, 1.82) is 0 Å². The Morgan fingerprint density at radius 2 is 1.85 bits per heavy atom. The molecule has 3 heterocycles. The molecule has 3 N–H and O–H groups in total. The summed E-state index contributed by atoms with van der Waals surface area (Å²) in [6.45, 7) is 2.01. The van der Waals surface area contributed by atoms with E-state index in [0.29, 0.717) is 11.2 Å². The first kappa shape index (κ1) is 22.5. The minimum atomic E-state index is -0.653. The molecule has 34 heavy (non-hydrogen) atoms. The molecule has 0 radical (unpaired) electrons. The number of benzene rings is 1. The zero-order valence-corrected chi connectivity index (χ0v) is 18.2. The van der Waals surface area contributed by atoms with E-state index < -0.39 is 17.5 Å². The summed E-state index contributed by atoms with van der Waals surface area (Å²) in [4.78, 5) is 42.6. The number of carbonyl (C=O) groups is 3. The fourth-order valence-corrected chi connectivity index (χ4v) is 3.51. The second kappa shape index (κ2) is 9.45. The number of phenols is 2. The zero-order valence-electron chi connectivity index (χ0n) is 18.2. The number of fused-ring (bicyclic) bond motifs is 1. The smallest absolute Gasteiger partial charge is 0.340 e. The topological polar surface area (TPSA) is 130 Å². The van der Waals surface area contributed by atoms with Crippen LogP contribution in [0.25, 0.3) is 5.52 Å². The monoisotopic (exact) mass is 459 g/mol. The quantitative estimate of drug-likeness (QED) is 0.286. The van der Waals surface area contributed by atoms with Crippen LogP contribution in [0.4, 0.5) is 0 Å². The summed E-state index contributed by atoms with van der Waals surface area (Å²) in [5, 5.41) is 22.4. The Morgan fingerprint density at radius 1 is 1.03 bits per heavy atom. The highest BCUT2D eigenvalue weighted by Gasteiger charge is 2.24. The maximum atomic E-state index is 13.2. The maximum absolute atomic E-state index is 13.2. The molecule has 9 nitrogen and oxygen atoms in total. The van der Waals surface area contributed by atoms with E-state index in [1.807, 2.05) is 6.07 Å². The van der Waals surface area contributed by atoms with E-state index in [1.165, 1.54) is 40.9 Å². The van der Waals surface area contributed by atoms with Gasteiger partial charge in [0, 0.05) is 24.0 Å².